The number of hydrazine groups is 1. The second-order valence-electron chi connectivity index (χ2n) is 3.57. The molecule has 3 heteroatoms. The van der Waals surface area contributed by atoms with E-state index in [1.165, 1.54) is 0 Å². The number of nitrogens with one attached hydrogen (secondary N) is 1. The molecule has 0 aromatic heterocycles. The van der Waals surface area contributed by atoms with E-state index in [0.29, 0.717) is 17.7 Å². The van der Waals surface area contributed by atoms with Crippen LogP contribution < -0.4 is 5.43 Å². The van der Waals surface area contributed by atoms with E-state index in [2.05, 4.69) is 12.3 Å². The van der Waals surface area contributed by atoms with Gasteiger partial charge in [-0.3, -0.25) is 9.80 Å². The van der Waals surface area contributed by atoms with E-state index in [9.17, 15) is 4.79 Å². The lowest BCUT2D eigenvalue weighted by atomic mass is 10.3. The zero-order valence-corrected chi connectivity index (χ0v) is 6.84. The van der Waals surface area contributed by atoms with Gasteiger partial charge in [0, 0.05) is 19.0 Å². The molecule has 0 spiro atoms. The molecule has 0 bridgehead atoms. The van der Waals surface area contributed by atoms with Crippen molar-refractivity contribution in [3.63, 3.8) is 0 Å². The van der Waals surface area contributed by atoms with E-state index in [-0.39, 0.29) is 0 Å². The molecule has 1 N–H and O–H groups in total. The minimum Gasteiger partial charge on any atom is -0.278 e. The van der Waals surface area contributed by atoms with Crippen molar-refractivity contribution in [2.24, 2.45) is 11.8 Å². The monoisotopic (exact) mass is 154 g/mol. The minimum absolute atomic E-state index is 0.315. The molecule has 0 aromatic rings. The van der Waals surface area contributed by atoms with Crippen molar-refractivity contribution in [3.05, 3.63) is 0 Å². The number of carbonyl (C=O) groups is 1. The third-order valence-corrected chi connectivity index (χ3v) is 2.55. The molecule has 11 heavy (non-hydrogen) atoms. The van der Waals surface area contributed by atoms with Crippen molar-refractivity contribution in [2.75, 3.05) is 13.1 Å². The molecule has 2 rings (SSSR count). The van der Waals surface area contributed by atoms with Crippen LogP contribution in [0.3, 0.4) is 0 Å². The smallest absolute Gasteiger partial charge is 0.240 e. The Morgan fingerprint density at radius 2 is 2.36 bits per heavy atom. The van der Waals surface area contributed by atoms with Gasteiger partial charge in [-0.25, -0.2) is 5.43 Å². The summed E-state index contributed by atoms with van der Waals surface area (Å²) in [5.74, 6) is 1.28. The summed E-state index contributed by atoms with van der Waals surface area (Å²) < 4.78 is 0. The summed E-state index contributed by atoms with van der Waals surface area (Å²) in [5.41, 5.74) is 3.08. The highest BCUT2D eigenvalue weighted by Crippen LogP contribution is 2.39. The quantitative estimate of drug-likeness (QED) is 0.592. The van der Waals surface area contributed by atoms with Gasteiger partial charge in [0.05, 0.1) is 0 Å². The molecule has 1 heterocycles. The highest BCUT2D eigenvalue weighted by atomic mass is 16.2. The Hall–Kier alpha value is -0.570. The molecule has 2 fully saturated rings. The van der Waals surface area contributed by atoms with Crippen LogP contribution in [0.4, 0.5) is 0 Å². The Morgan fingerprint density at radius 1 is 1.64 bits per heavy atom. The normalized spacial score (nSPS) is 35.9. The van der Waals surface area contributed by atoms with Crippen molar-refractivity contribution in [3.8, 4) is 0 Å². The summed E-state index contributed by atoms with van der Waals surface area (Å²) in [4.78, 5) is 11.5. The molecule has 0 aromatic carbocycles. The van der Waals surface area contributed by atoms with E-state index in [4.69, 9.17) is 0 Å². The number of carbonyl (C=O) groups excluding carboxylic acids is 1. The van der Waals surface area contributed by atoms with Crippen molar-refractivity contribution in [1.82, 2.24) is 10.4 Å². The van der Waals surface area contributed by atoms with Gasteiger partial charge in [0.1, 0.15) is 0 Å². The summed E-state index contributed by atoms with van der Waals surface area (Å²) in [6, 6.07) is 0. The number of nitrogens with zero attached hydrogens (tertiary/aromatic N) is 1. The Morgan fingerprint density at radius 3 is 2.82 bits per heavy atom. The van der Waals surface area contributed by atoms with Crippen molar-refractivity contribution in [2.45, 2.75) is 19.8 Å². The molecule has 2 aliphatic rings. The molecule has 2 atom stereocenters. The van der Waals surface area contributed by atoms with Crippen LogP contribution in [0.25, 0.3) is 0 Å². The van der Waals surface area contributed by atoms with Crippen LogP contribution in [-0.2, 0) is 4.79 Å². The first-order valence-corrected chi connectivity index (χ1v) is 4.34. The highest BCUT2D eigenvalue weighted by Gasteiger charge is 2.41. The average Bonchev–Trinajstić information content (AvgIpc) is 2.56. The molecule has 1 saturated carbocycles. The maximum atomic E-state index is 11.5. The van der Waals surface area contributed by atoms with Crippen molar-refractivity contribution in [1.29, 1.82) is 0 Å². The molecule has 0 radical (unpaired) electrons. The van der Waals surface area contributed by atoms with E-state index >= 15 is 0 Å². The zero-order chi connectivity index (χ0) is 7.84. The van der Waals surface area contributed by atoms with Gasteiger partial charge in [-0.05, 0) is 18.8 Å². The SMILES string of the molecule is CC1CC1C(=O)N1CCCN1. The van der Waals surface area contributed by atoms with E-state index in [1.54, 1.807) is 5.01 Å². The summed E-state index contributed by atoms with van der Waals surface area (Å²) in [7, 11) is 0. The maximum absolute atomic E-state index is 11.5. The zero-order valence-electron chi connectivity index (χ0n) is 6.84. The summed E-state index contributed by atoms with van der Waals surface area (Å²) in [6.07, 6.45) is 2.20. The minimum atomic E-state index is 0.315. The van der Waals surface area contributed by atoms with Crippen LogP contribution >= 0.6 is 0 Å². The average molecular weight is 154 g/mol. The van der Waals surface area contributed by atoms with Crippen LogP contribution in [0.5, 0.6) is 0 Å². The predicted molar refractivity (Wildman–Crippen MR) is 41.6 cm³/mol. The topological polar surface area (TPSA) is 32.3 Å². The molecule has 2 unspecified atom stereocenters. The third-order valence-electron chi connectivity index (χ3n) is 2.55. The fourth-order valence-electron chi connectivity index (χ4n) is 1.58. The highest BCUT2D eigenvalue weighted by molar-refractivity contribution is 5.81. The summed E-state index contributed by atoms with van der Waals surface area (Å²) in [6.45, 7) is 4.01. The van der Waals surface area contributed by atoms with Crippen LogP contribution in [0.2, 0.25) is 0 Å². The van der Waals surface area contributed by atoms with Gasteiger partial charge in [0.2, 0.25) is 5.91 Å². The lowest BCUT2D eigenvalue weighted by Crippen LogP contribution is -2.38. The van der Waals surface area contributed by atoms with Gasteiger partial charge in [-0.2, -0.15) is 0 Å². The van der Waals surface area contributed by atoms with Gasteiger partial charge >= 0.3 is 0 Å². The van der Waals surface area contributed by atoms with Gasteiger partial charge in [0.25, 0.3) is 0 Å². The Balaban J connectivity index is 1.89. The molecule has 1 amide bonds. The third kappa shape index (κ3) is 1.25. The number of hydrogen-bond acceptors (Lipinski definition) is 2. The Labute approximate surface area is 66.7 Å². The van der Waals surface area contributed by atoms with Gasteiger partial charge in [-0.1, -0.05) is 6.92 Å². The molecule has 3 nitrogen and oxygen atoms in total. The fourth-order valence-corrected chi connectivity index (χ4v) is 1.58. The Kier molecular flexibility index (Phi) is 1.60. The predicted octanol–water partition coefficient (Wildman–Crippen LogP) is 0.379. The molecular formula is C8H14N2O. The largest absolute Gasteiger partial charge is 0.278 e. The van der Waals surface area contributed by atoms with Crippen LogP contribution in [0.15, 0.2) is 0 Å². The van der Waals surface area contributed by atoms with Crippen molar-refractivity contribution >= 4 is 5.91 Å². The first-order valence-electron chi connectivity index (χ1n) is 4.34. The summed E-state index contributed by atoms with van der Waals surface area (Å²) in [5, 5.41) is 1.79. The molecule has 62 valence electrons. The molecular weight excluding hydrogens is 140 g/mol. The first kappa shape index (κ1) is 7.10. The van der Waals surface area contributed by atoms with Crippen LogP contribution in [-0.4, -0.2) is 24.0 Å². The lowest BCUT2D eigenvalue weighted by Gasteiger charge is -2.14. The maximum Gasteiger partial charge on any atom is 0.240 e. The van der Waals surface area contributed by atoms with E-state index in [1.807, 2.05) is 0 Å². The first-order chi connectivity index (χ1) is 5.29. The van der Waals surface area contributed by atoms with Crippen molar-refractivity contribution < 1.29 is 4.79 Å². The second-order valence-corrected chi connectivity index (χ2v) is 3.57. The molecule has 1 aliphatic carbocycles. The number of amides is 1. The van der Waals surface area contributed by atoms with Crippen LogP contribution in [0, 0.1) is 11.8 Å². The number of rotatable bonds is 1. The standard InChI is InChI=1S/C8H14N2O/c1-6-5-7(6)8(11)10-4-2-3-9-10/h6-7,9H,2-5H2,1H3. The fraction of sp³-hybridized carbons (Fsp3) is 0.875. The summed E-state index contributed by atoms with van der Waals surface area (Å²) >= 11 is 0. The van der Waals surface area contributed by atoms with Crippen LogP contribution in [0.1, 0.15) is 19.8 Å². The lowest BCUT2D eigenvalue weighted by molar-refractivity contribution is -0.134. The Bertz CT molecular complexity index is 175. The van der Waals surface area contributed by atoms with Gasteiger partial charge in [0.15, 0.2) is 0 Å². The molecule has 1 aliphatic heterocycles. The van der Waals surface area contributed by atoms with E-state index in [0.717, 1.165) is 25.9 Å². The molecule has 1 saturated heterocycles. The van der Waals surface area contributed by atoms with Gasteiger partial charge in [-0.15, -0.1) is 0 Å². The van der Waals surface area contributed by atoms with E-state index < -0.39 is 0 Å². The van der Waals surface area contributed by atoms with Gasteiger partial charge < -0.3 is 0 Å². The second kappa shape index (κ2) is 2.48. The number of hydrogen-bond donors (Lipinski definition) is 1.